The smallest absolute Gasteiger partial charge is 0.326 e. The van der Waals surface area contributed by atoms with Gasteiger partial charge in [-0.3, -0.25) is 9.59 Å². The van der Waals surface area contributed by atoms with E-state index in [9.17, 15) is 14.4 Å². The Morgan fingerprint density at radius 2 is 2.14 bits per heavy atom. The zero-order valence-corrected chi connectivity index (χ0v) is 13.8. The van der Waals surface area contributed by atoms with E-state index in [1.165, 1.54) is 7.11 Å². The van der Waals surface area contributed by atoms with Crippen molar-refractivity contribution in [2.75, 3.05) is 7.11 Å². The molecule has 21 heavy (non-hydrogen) atoms. The monoisotopic (exact) mass is 377 g/mol. The van der Waals surface area contributed by atoms with E-state index in [0.717, 1.165) is 15.1 Å². The minimum atomic E-state index is -1.25. The molecule has 0 unspecified atom stereocenters. The Morgan fingerprint density at radius 1 is 1.43 bits per heavy atom. The van der Waals surface area contributed by atoms with Crippen molar-refractivity contribution >= 4 is 45.1 Å². The number of esters is 1. The van der Waals surface area contributed by atoms with Gasteiger partial charge in [0.25, 0.3) is 0 Å². The van der Waals surface area contributed by atoms with E-state index in [1.54, 1.807) is 11.3 Å². The predicted octanol–water partition coefficient (Wildman–Crippen LogP) is 1.97. The van der Waals surface area contributed by atoms with Gasteiger partial charge < -0.3 is 15.2 Å². The van der Waals surface area contributed by atoms with Gasteiger partial charge in [-0.15, -0.1) is 11.3 Å². The zero-order valence-electron chi connectivity index (χ0n) is 11.4. The van der Waals surface area contributed by atoms with Crippen LogP contribution in [0.4, 0.5) is 0 Å². The zero-order chi connectivity index (χ0) is 15.8. The molecule has 0 aliphatic carbocycles. The van der Waals surface area contributed by atoms with E-state index in [4.69, 9.17) is 5.11 Å². The fourth-order valence-electron chi connectivity index (χ4n) is 1.63. The lowest BCUT2D eigenvalue weighted by atomic mass is 10.1. The van der Waals surface area contributed by atoms with Crippen LogP contribution in [-0.4, -0.2) is 36.1 Å². The van der Waals surface area contributed by atoms with Gasteiger partial charge in [0.1, 0.15) is 6.04 Å². The van der Waals surface area contributed by atoms with Crippen molar-refractivity contribution in [3.63, 3.8) is 0 Å². The van der Waals surface area contributed by atoms with Crippen LogP contribution in [0.5, 0.6) is 0 Å². The number of rotatable bonds is 8. The molecule has 1 amide bonds. The number of aryl methyl sites for hydroxylation is 1. The summed E-state index contributed by atoms with van der Waals surface area (Å²) in [5, 5.41) is 11.3. The summed E-state index contributed by atoms with van der Waals surface area (Å²) in [5.41, 5.74) is 0. The lowest BCUT2D eigenvalue weighted by Crippen LogP contribution is -2.42. The second-order valence-electron chi connectivity index (χ2n) is 4.30. The molecule has 0 spiro atoms. The van der Waals surface area contributed by atoms with Crippen molar-refractivity contribution in [2.24, 2.45) is 0 Å². The highest BCUT2D eigenvalue weighted by molar-refractivity contribution is 9.11. The van der Waals surface area contributed by atoms with Crippen LogP contribution in [0.1, 0.15) is 24.1 Å². The number of thiophene rings is 1. The average molecular weight is 378 g/mol. The van der Waals surface area contributed by atoms with Gasteiger partial charge in [-0.2, -0.15) is 0 Å². The average Bonchev–Trinajstić information content (AvgIpc) is 2.83. The molecule has 116 valence electrons. The SMILES string of the molecule is COC(=O)C[C@H](NC(=O)CCCc1ccc(Br)s1)C(=O)O. The molecule has 0 saturated heterocycles. The third-order valence-electron chi connectivity index (χ3n) is 2.69. The summed E-state index contributed by atoms with van der Waals surface area (Å²) in [5.74, 6) is -2.32. The number of halogens is 1. The highest BCUT2D eigenvalue weighted by atomic mass is 79.9. The number of carbonyl (C=O) groups is 3. The van der Waals surface area contributed by atoms with Gasteiger partial charge in [-0.05, 0) is 40.9 Å². The number of carboxylic acids is 1. The van der Waals surface area contributed by atoms with Crippen molar-refractivity contribution in [1.82, 2.24) is 5.32 Å². The van der Waals surface area contributed by atoms with Crippen LogP contribution in [-0.2, 0) is 25.5 Å². The van der Waals surface area contributed by atoms with Crippen LogP contribution in [0.3, 0.4) is 0 Å². The number of nitrogens with one attached hydrogen (secondary N) is 1. The Hall–Kier alpha value is -1.41. The Bertz CT molecular complexity index is 516. The molecule has 0 saturated carbocycles. The predicted molar refractivity (Wildman–Crippen MR) is 81.2 cm³/mol. The normalized spacial score (nSPS) is 11.7. The van der Waals surface area contributed by atoms with Gasteiger partial charge in [0.15, 0.2) is 0 Å². The van der Waals surface area contributed by atoms with Crippen LogP contribution < -0.4 is 5.32 Å². The minimum absolute atomic E-state index is 0.209. The Kier molecular flexibility index (Phi) is 7.38. The van der Waals surface area contributed by atoms with Crippen molar-refractivity contribution < 1.29 is 24.2 Å². The maximum atomic E-state index is 11.7. The molecule has 8 heteroatoms. The highest BCUT2D eigenvalue weighted by Gasteiger charge is 2.23. The summed E-state index contributed by atoms with van der Waals surface area (Å²) in [4.78, 5) is 34.9. The van der Waals surface area contributed by atoms with E-state index in [2.05, 4.69) is 26.0 Å². The van der Waals surface area contributed by atoms with Gasteiger partial charge in [-0.25, -0.2) is 4.79 Å². The van der Waals surface area contributed by atoms with Gasteiger partial charge in [0.2, 0.25) is 5.91 Å². The topological polar surface area (TPSA) is 92.7 Å². The molecular weight excluding hydrogens is 362 g/mol. The number of hydrogen-bond donors (Lipinski definition) is 2. The second-order valence-corrected chi connectivity index (χ2v) is 6.85. The molecule has 1 atom stereocenters. The first-order valence-corrected chi connectivity index (χ1v) is 7.86. The quantitative estimate of drug-likeness (QED) is 0.675. The van der Waals surface area contributed by atoms with Gasteiger partial charge in [0.05, 0.1) is 17.3 Å². The molecule has 0 aliphatic rings. The number of ether oxygens (including phenoxy) is 1. The molecule has 2 N–H and O–H groups in total. The van der Waals surface area contributed by atoms with Crippen LogP contribution in [0.25, 0.3) is 0 Å². The van der Waals surface area contributed by atoms with Crippen molar-refractivity contribution in [2.45, 2.75) is 31.7 Å². The van der Waals surface area contributed by atoms with Crippen molar-refractivity contribution in [3.8, 4) is 0 Å². The number of carboxylic acid groups (broad SMARTS) is 1. The van der Waals surface area contributed by atoms with Gasteiger partial charge in [0, 0.05) is 11.3 Å². The number of hydrogen-bond acceptors (Lipinski definition) is 5. The highest BCUT2D eigenvalue weighted by Crippen LogP contribution is 2.23. The molecule has 1 aromatic rings. The third kappa shape index (κ3) is 6.72. The summed E-state index contributed by atoms with van der Waals surface area (Å²) < 4.78 is 5.43. The molecule has 1 aromatic heterocycles. The molecule has 0 aliphatic heterocycles. The van der Waals surface area contributed by atoms with E-state index in [-0.39, 0.29) is 18.7 Å². The number of methoxy groups -OCH3 is 1. The maximum Gasteiger partial charge on any atom is 0.326 e. The Labute approximate surface area is 134 Å². The first-order valence-electron chi connectivity index (χ1n) is 6.25. The van der Waals surface area contributed by atoms with Crippen molar-refractivity contribution in [1.29, 1.82) is 0 Å². The molecule has 0 radical (unpaired) electrons. The number of aliphatic carboxylic acids is 1. The molecule has 0 aromatic carbocycles. The molecule has 1 rings (SSSR count). The van der Waals surface area contributed by atoms with E-state index in [1.807, 2.05) is 12.1 Å². The van der Waals surface area contributed by atoms with Crippen LogP contribution in [0.2, 0.25) is 0 Å². The lowest BCUT2D eigenvalue weighted by molar-refractivity contribution is -0.148. The standard InChI is InChI=1S/C13H16BrNO5S/c1-20-12(17)7-9(13(18)19)15-11(16)4-2-3-8-5-6-10(14)21-8/h5-6,9H,2-4,7H2,1H3,(H,15,16)(H,18,19)/t9-/m0/s1. The molecule has 1 heterocycles. The molecule has 6 nitrogen and oxygen atoms in total. The first kappa shape index (κ1) is 17.6. The van der Waals surface area contributed by atoms with E-state index >= 15 is 0 Å². The Morgan fingerprint density at radius 3 is 2.67 bits per heavy atom. The Balaban J connectivity index is 2.36. The summed E-state index contributed by atoms with van der Waals surface area (Å²) in [7, 11) is 1.17. The fourth-order valence-corrected chi connectivity index (χ4v) is 3.15. The molecule has 0 fully saturated rings. The summed E-state index contributed by atoms with van der Waals surface area (Å²) >= 11 is 4.96. The summed E-state index contributed by atoms with van der Waals surface area (Å²) in [6.45, 7) is 0. The van der Waals surface area contributed by atoms with Crippen LogP contribution in [0.15, 0.2) is 15.9 Å². The molecule has 0 bridgehead atoms. The first-order chi connectivity index (χ1) is 9.92. The third-order valence-corrected chi connectivity index (χ3v) is 4.37. The maximum absolute atomic E-state index is 11.7. The summed E-state index contributed by atoms with van der Waals surface area (Å²) in [6.07, 6.45) is 1.19. The van der Waals surface area contributed by atoms with Crippen LogP contribution in [0, 0.1) is 0 Å². The van der Waals surface area contributed by atoms with Crippen LogP contribution >= 0.6 is 27.3 Å². The number of carbonyl (C=O) groups excluding carboxylic acids is 2. The minimum Gasteiger partial charge on any atom is -0.480 e. The summed E-state index contributed by atoms with van der Waals surface area (Å²) in [6, 6.07) is 2.67. The van der Waals surface area contributed by atoms with E-state index in [0.29, 0.717) is 6.42 Å². The molecular formula is C13H16BrNO5S. The largest absolute Gasteiger partial charge is 0.480 e. The lowest BCUT2D eigenvalue weighted by Gasteiger charge is -2.13. The fraction of sp³-hybridized carbons (Fsp3) is 0.462. The van der Waals surface area contributed by atoms with Crippen molar-refractivity contribution in [3.05, 3.63) is 20.8 Å². The number of amides is 1. The van der Waals surface area contributed by atoms with Gasteiger partial charge in [-0.1, -0.05) is 0 Å². The second kappa shape index (κ2) is 8.78. The van der Waals surface area contributed by atoms with E-state index < -0.39 is 18.0 Å². The van der Waals surface area contributed by atoms with Gasteiger partial charge >= 0.3 is 11.9 Å².